The van der Waals surface area contributed by atoms with Gasteiger partial charge in [0.2, 0.25) is 5.72 Å². The number of aliphatic hydroxyl groups is 2. The summed E-state index contributed by atoms with van der Waals surface area (Å²) in [5, 5.41) is 27.4. The summed E-state index contributed by atoms with van der Waals surface area (Å²) in [6.07, 6.45) is -4.39. The summed E-state index contributed by atoms with van der Waals surface area (Å²) in [5.41, 5.74) is 6.44. The van der Waals surface area contributed by atoms with E-state index in [-0.39, 0.29) is 5.75 Å². The average Bonchev–Trinajstić information content (AvgIpc) is 3.09. The number of nitrogens with zero attached hydrogens (tertiary/aromatic N) is 5. The minimum Gasteiger partial charge on any atom is -0.462 e. The minimum atomic E-state index is -4.46. The summed E-state index contributed by atoms with van der Waals surface area (Å²) in [5.74, 6) is -0.641. The number of aryl methyl sites for hydroxylation is 1. The largest absolute Gasteiger partial charge is 0.462 e. The number of rotatable bonds is 11. The summed E-state index contributed by atoms with van der Waals surface area (Å²) < 4.78 is 36.5. The molecule has 1 aliphatic heterocycles. The topological polar surface area (TPSA) is 207 Å². The van der Waals surface area contributed by atoms with Crippen molar-refractivity contribution < 1.29 is 38.1 Å². The van der Waals surface area contributed by atoms with Gasteiger partial charge < -0.3 is 24.2 Å². The Kier molecular flexibility index (Phi) is 9.28. The number of aromatic nitrogens is 2. The van der Waals surface area contributed by atoms with Crippen LogP contribution in [0.4, 0.5) is 0 Å². The van der Waals surface area contributed by atoms with E-state index in [1.54, 1.807) is 39.0 Å². The quantitative estimate of drug-likeness (QED) is 0.121. The van der Waals surface area contributed by atoms with Crippen LogP contribution in [0.5, 0.6) is 5.75 Å². The third-order valence-electron chi connectivity index (χ3n) is 5.33. The number of azide groups is 1. The van der Waals surface area contributed by atoms with Crippen LogP contribution < -0.4 is 15.3 Å². The van der Waals surface area contributed by atoms with Crippen molar-refractivity contribution in [1.82, 2.24) is 14.6 Å². The molecule has 2 aromatic rings. The molecule has 6 atom stereocenters. The first-order chi connectivity index (χ1) is 17.9. The van der Waals surface area contributed by atoms with Crippen LogP contribution in [-0.2, 0) is 23.4 Å². The second-order valence-electron chi connectivity index (χ2n) is 8.75. The third-order valence-corrected chi connectivity index (χ3v) is 6.95. The molecule has 1 saturated heterocycles. The molecule has 1 aromatic heterocycles. The Labute approximate surface area is 217 Å². The Morgan fingerprint density at radius 2 is 2.00 bits per heavy atom. The Morgan fingerprint density at radius 1 is 1.32 bits per heavy atom. The maximum atomic E-state index is 13.8. The fourth-order valence-electron chi connectivity index (χ4n) is 3.50. The summed E-state index contributed by atoms with van der Waals surface area (Å²) in [6, 6.07) is 8.16. The van der Waals surface area contributed by atoms with E-state index in [1.807, 2.05) is 0 Å². The molecule has 2 heterocycles. The van der Waals surface area contributed by atoms with E-state index in [2.05, 4.69) is 20.1 Å². The van der Waals surface area contributed by atoms with Crippen LogP contribution in [0.1, 0.15) is 32.7 Å². The first kappa shape index (κ1) is 29.3. The normalized spacial score (nSPS) is 25.3. The van der Waals surface area contributed by atoms with Crippen molar-refractivity contribution in [1.29, 1.82) is 0 Å². The number of esters is 1. The zero-order chi connectivity index (χ0) is 28.1. The molecule has 1 aromatic carbocycles. The highest BCUT2D eigenvalue weighted by Crippen LogP contribution is 2.48. The Bertz CT molecular complexity index is 1290. The van der Waals surface area contributed by atoms with Crippen molar-refractivity contribution in [2.24, 2.45) is 5.11 Å². The number of carbonyl (C=O) groups is 1. The van der Waals surface area contributed by atoms with E-state index < -0.39 is 62.3 Å². The molecule has 0 amide bonds. The number of aliphatic hydroxyl groups excluding tert-OH is 2. The van der Waals surface area contributed by atoms with Crippen LogP contribution in [0.15, 0.2) is 52.5 Å². The second kappa shape index (κ2) is 12.0. The fraction of sp³-hybridized carbons (Fsp3) is 0.500. The summed E-state index contributed by atoms with van der Waals surface area (Å²) in [4.78, 5) is 31.1. The van der Waals surface area contributed by atoms with Crippen molar-refractivity contribution in [3.05, 3.63) is 69.2 Å². The summed E-state index contributed by atoms with van der Waals surface area (Å²) in [6.45, 7) is 5.32. The number of carbonyl (C=O) groups excluding carboxylic acids is 1. The smallest absolute Gasteiger partial charge is 0.459 e. The lowest BCUT2D eigenvalue weighted by molar-refractivity contribution is -0.149. The molecule has 1 fully saturated rings. The van der Waals surface area contributed by atoms with Gasteiger partial charge in [0.25, 0.3) is 0 Å². The molecule has 1 aliphatic rings. The molecule has 0 aliphatic carbocycles. The van der Waals surface area contributed by atoms with Crippen LogP contribution in [-0.4, -0.2) is 62.4 Å². The van der Waals surface area contributed by atoms with Gasteiger partial charge in [-0.3, -0.25) is 13.9 Å². The maximum absolute atomic E-state index is 13.8. The predicted octanol–water partition coefficient (Wildman–Crippen LogP) is 1.94. The summed E-state index contributed by atoms with van der Waals surface area (Å²) in [7, 11) is -4.46. The highest BCUT2D eigenvalue weighted by atomic mass is 31.2. The lowest BCUT2D eigenvalue weighted by atomic mass is 10.1. The lowest BCUT2D eigenvalue weighted by Crippen LogP contribution is -2.45. The van der Waals surface area contributed by atoms with E-state index in [0.29, 0.717) is 5.69 Å². The van der Waals surface area contributed by atoms with Crippen LogP contribution >= 0.6 is 7.75 Å². The van der Waals surface area contributed by atoms with Gasteiger partial charge in [-0.2, -0.15) is 10.1 Å². The molecule has 0 saturated carbocycles. The average molecular weight is 552 g/mol. The number of hydrogen-bond acceptors (Lipinski definition) is 11. The van der Waals surface area contributed by atoms with E-state index in [1.165, 1.54) is 31.3 Å². The van der Waals surface area contributed by atoms with Gasteiger partial charge in [-0.1, -0.05) is 23.3 Å². The van der Waals surface area contributed by atoms with E-state index in [4.69, 9.17) is 18.5 Å². The van der Waals surface area contributed by atoms with Gasteiger partial charge in [0.15, 0.2) is 6.23 Å². The summed E-state index contributed by atoms with van der Waals surface area (Å²) >= 11 is 0. The van der Waals surface area contributed by atoms with E-state index in [0.717, 1.165) is 4.57 Å². The van der Waals surface area contributed by atoms with Crippen LogP contribution in [0.25, 0.3) is 10.4 Å². The van der Waals surface area contributed by atoms with Crippen molar-refractivity contribution in [3.63, 3.8) is 0 Å². The third kappa shape index (κ3) is 6.77. The second-order valence-corrected chi connectivity index (χ2v) is 10.4. The van der Waals surface area contributed by atoms with Crippen LogP contribution in [0.2, 0.25) is 0 Å². The molecule has 0 spiro atoms. The highest BCUT2D eigenvalue weighted by Gasteiger charge is 2.56. The molecule has 38 heavy (non-hydrogen) atoms. The lowest BCUT2D eigenvalue weighted by Gasteiger charge is -2.29. The number of ether oxygens (including phenoxy) is 2. The highest BCUT2D eigenvalue weighted by molar-refractivity contribution is 7.52. The molecule has 0 bridgehead atoms. The van der Waals surface area contributed by atoms with Gasteiger partial charge in [-0.25, -0.2) is 9.36 Å². The molecule has 16 heteroatoms. The number of nitrogens with one attached hydrogen (secondary N) is 1. The van der Waals surface area contributed by atoms with Crippen molar-refractivity contribution in [3.8, 4) is 5.75 Å². The minimum absolute atomic E-state index is 0.105. The molecule has 0 radical (unpaired) electrons. The zero-order valence-corrected chi connectivity index (χ0v) is 22.0. The number of para-hydroxylation sites is 1. The van der Waals surface area contributed by atoms with Gasteiger partial charge in [0.1, 0.15) is 24.0 Å². The van der Waals surface area contributed by atoms with Gasteiger partial charge >= 0.3 is 19.4 Å². The number of hydrogen-bond donors (Lipinski definition) is 3. The maximum Gasteiger partial charge on any atom is 0.459 e. The monoisotopic (exact) mass is 552 g/mol. The van der Waals surface area contributed by atoms with Crippen molar-refractivity contribution >= 4 is 13.7 Å². The molecular weight excluding hydrogens is 523 g/mol. The van der Waals surface area contributed by atoms with E-state index in [9.17, 15) is 29.9 Å². The SMILES string of the molecule is Cc1ccn([C@@H]2O[C@@](COP(=O)(NC(C)C(=O)OC(C)C)Oc3ccccc3)(N=[N+]=[N-])[C@@H](O)[C@@H]2O)c(=O)n1. The van der Waals surface area contributed by atoms with Gasteiger partial charge in [0.05, 0.1) is 12.7 Å². The Balaban J connectivity index is 1.90. The van der Waals surface area contributed by atoms with Crippen molar-refractivity contribution in [2.45, 2.75) is 64.0 Å². The molecular formula is C22H29N6O9P. The van der Waals surface area contributed by atoms with Crippen LogP contribution in [0.3, 0.4) is 0 Å². The van der Waals surface area contributed by atoms with Gasteiger partial charge in [-0.15, -0.1) is 0 Å². The molecule has 206 valence electrons. The molecule has 2 unspecified atom stereocenters. The fourth-order valence-corrected chi connectivity index (χ4v) is 5.02. The standard InChI is InChI=1S/C22H29N6O9P/c1-13(2)35-20(31)15(4)25-38(33,37-16-8-6-5-7-9-16)34-12-22(26-27-23)18(30)17(29)19(36-22)28-11-10-14(3)24-21(28)32/h5-11,13,15,17-19,29-30H,12H2,1-4H3,(H,25,33)/t15?,17-,18-,19+,22+,38?/m0/s1. The number of benzene rings is 1. The molecule has 3 rings (SSSR count). The zero-order valence-electron chi connectivity index (χ0n) is 21.1. The van der Waals surface area contributed by atoms with Gasteiger partial charge in [0, 0.05) is 16.8 Å². The Hall–Kier alpha value is -3.29. The van der Waals surface area contributed by atoms with E-state index >= 15 is 0 Å². The first-order valence-electron chi connectivity index (χ1n) is 11.5. The van der Waals surface area contributed by atoms with Crippen molar-refractivity contribution in [2.75, 3.05) is 6.61 Å². The first-order valence-corrected chi connectivity index (χ1v) is 13.1. The molecule has 15 nitrogen and oxygen atoms in total. The van der Waals surface area contributed by atoms with Crippen LogP contribution in [0, 0.1) is 6.92 Å². The Morgan fingerprint density at radius 3 is 2.61 bits per heavy atom. The molecule has 3 N–H and O–H groups in total. The predicted molar refractivity (Wildman–Crippen MR) is 132 cm³/mol. The van der Waals surface area contributed by atoms with Gasteiger partial charge in [-0.05, 0) is 51.4 Å².